The monoisotopic (exact) mass is 190 g/mol. The second kappa shape index (κ2) is 7.05. The molecule has 0 aliphatic carbocycles. The summed E-state index contributed by atoms with van der Waals surface area (Å²) in [5.41, 5.74) is 0.302. The fourth-order valence-corrected chi connectivity index (χ4v) is 1.30. The molecule has 13 heavy (non-hydrogen) atoms. The van der Waals surface area contributed by atoms with Crippen LogP contribution in [0, 0.1) is 5.92 Å². The van der Waals surface area contributed by atoms with E-state index < -0.39 is 6.17 Å². The molecule has 0 saturated heterocycles. The highest BCUT2D eigenvalue weighted by molar-refractivity contribution is 5.07. The molecule has 0 aromatic heterocycles. The van der Waals surface area contributed by atoms with Gasteiger partial charge < -0.3 is 0 Å². The van der Waals surface area contributed by atoms with Crippen LogP contribution in [0.4, 0.5) is 8.78 Å². The Kier molecular flexibility index (Phi) is 6.83. The zero-order valence-corrected chi connectivity index (χ0v) is 8.82. The van der Waals surface area contributed by atoms with Gasteiger partial charge in [-0.1, -0.05) is 40.0 Å². The Bertz CT molecular complexity index is 150. The van der Waals surface area contributed by atoms with Crippen LogP contribution < -0.4 is 0 Å². The number of rotatable bonds is 6. The van der Waals surface area contributed by atoms with E-state index in [-0.39, 0.29) is 5.92 Å². The number of hydrogen-bond acceptors (Lipinski definition) is 0. The molecule has 78 valence electrons. The van der Waals surface area contributed by atoms with Crippen molar-refractivity contribution in [3.63, 3.8) is 0 Å². The van der Waals surface area contributed by atoms with Gasteiger partial charge in [0.25, 0.3) is 0 Å². The van der Waals surface area contributed by atoms with Gasteiger partial charge in [0.2, 0.25) is 0 Å². The third-order valence-electron chi connectivity index (χ3n) is 2.22. The average molecular weight is 190 g/mol. The van der Waals surface area contributed by atoms with E-state index in [2.05, 4.69) is 6.92 Å². The molecule has 0 nitrogen and oxygen atoms in total. The van der Waals surface area contributed by atoms with Crippen molar-refractivity contribution in [1.82, 2.24) is 0 Å². The van der Waals surface area contributed by atoms with Gasteiger partial charge in [-0.05, 0) is 17.9 Å². The highest BCUT2D eigenvalue weighted by atomic mass is 19.1. The zero-order valence-electron chi connectivity index (χ0n) is 8.82. The molecule has 0 radical (unpaired) electrons. The normalized spacial score (nSPS) is 15.1. The molecule has 2 heteroatoms. The van der Waals surface area contributed by atoms with Crippen LogP contribution in [-0.2, 0) is 0 Å². The molecular weight excluding hydrogens is 170 g/mol. The van der Waals surface area contributed by atoms with Crippen molar-refractivity contribution in [2.24, 2.45) is 5.92 Å². The lowest BCUT2D eigenvalue weighted by atomic mass is 9.96. The molecule has 0 aliphatic heterocycles. The van der Waals surface area contributed by atoms with Crippen molar-refractivity contribution in [2.45, 2.75) is 52.6 Å². The Morgan fingerprint density at radius 2 is 1.92 bits per heavy atom. The summed E-state index contributed by atoms with van der Waals surface area (Å²) in [7, 11) is 0. The fourth-order valence-electron chi connectivity index (χ4n) is 1.30. The highest BCUT2D eigenvalue weighted by Crippen LogP contribution is 2.21. The lowest BCUT2D eigenvalue weighted by Crippen LogP contribution is -2.09. The number of allylic oxidation sites excluding steroid dienone is 1. The first-order chi connectivity index (χ1) is 6.13. The molecule has 0 N–H and O–H groups in total. The summed E-state index contributed by atoms with van der Waals surface area (Å²) in [6.45, 7) is 5.71. The minimum absolute atomic E-state index is 0.0263. The second-order valence-electron chi connectivity index (χ2n) is 3.73. The minimum Gasteiger partial charge on any atom is -0.243 e. The maximum absolute atomic E-state index is 13.3. The maximum Gasteiger partial charge on any atom is 0.124 e. The van der Waals surface area contributed by atoms with Gasteiger partial charge in [0.05, 0.1) is 6.33 Å². The summed E-state index contributed by atoms with van der Waals surface area (Å²) < 4.78 is 25.6. The third-order valence-corrected chi connectivity index (χ3v) is 2.22. The van der Waals surface area contributed by atoms with Gasteiger partial charge in [0.1, 0.15) is 6.17 Å². The first-order valence-electron chi connectivity index (χ1n) is 5.07. The minimum atomic E-state index is -1.09. The molecule has 0 rings (SSSR count). The van der Waals surface area contributed by atoms with Crippen LogP contribution in [0.1, 0.15) is 46.5 Å². The van der Waals surface area contributed by atoms with Crippen molar-refractivity contribution in [3.05, 3.63) is 11.9 Å². The molecule has 0 amide bonds. The van der Waals surface area contributed by atoms with Gasteiger partial charge in [-0.25, -0.2) is 8.78 Å². The molecule has 1 unspecified atom stereocenters. The molecule has 0 heterocycles. The number of unbranched alkanes of at least 4 members (excludes halogenated alkanes) is 2. The summed E-state index contributed by atoms with van der Waals surface area (Å²) in [6.07, 6.45) is 2.75. The average Bonchev–Trinajstić information content (AvgIpc) is 2.05. The Balaban J connectivity index is 3.86. The van der Waals surface area contributed by atoms with Crippen molar-refractivity contribution in [1.29, 1.82) is 0 Å². The fraction of sp³-hybridized carbons (Fsp3) is 0.818. The molecule has 0 aromatic rings. The highest BCUT2D eigenvalue weighted by Gasteiger charge is 2.15. The smallest absolute Gasteiger partial charge is 0.124 e. The second-order valence-corrected chi connectivity index (χ2v) is 3.73. The van der Waals surface area contributed by atoms with Crippen LogP contribution in [0.3, 0.4) is 0 Å². The van der Waals surface area contributed by atoms with Crippen molar-refractivity contribution < 1.29 is 8.78 Å². The van der Waals surface area contributed by atoms with Gasteiger partial charge >= 0.3 is 0 Å². The van der Waals surface area contributed by atoms with Crippen molar-refractivity contribution in [3.8, 4) is 0 Å². The Morgan fingerprint density at radius 3 is 2.31 bits per heavy atom. The van der Waals surface area contributed by atoms with Crippen LogP contribution >= 0.6 is 0 Å². The number of alkyl halides is 1. The van der Waals surface area contributed by atoms with E-state index >= 15 is 0 Å². The van der Waals surface area contributed by atoms with E-state index in [1.807, 2.05) is 13.8 Å². The Morgan fingerprint density at radius 1 is 1.31 bits per heavy atom. The summed E-state index contributed by atoms with van der Waals surface area (Å²) >= 11 is 0. The van der Waals surface area contributed by atoms with E-state index in [0.717, 1.165) is 19.3 Å². The van der Waals surface area contributed by atoms with Crippen LogP contribution in [0.2, 0.25) is 0 Å². The summed E-state index contributed by atoms with van der Waals surface area (Å²) in [4.78, 5) is 0. The van der Waals surface area contributed by atoms with E-state index in [9.17, 15) is 8.78 Å². The quantitative estimate of drug-likeness (QED) is 0.544. The predicted octanol–water partition coefficient (Wildman–Crippen LogP) is 4.41. The van der Waals surface area contributed by atoms with Crippen molar-refractivity contribution >= 4 is 0 Å². The molecule has 0 aromatic carbocycles. The van der Waals surface area contributed by atoms with Crippen LogP contribution in [0.25, 0.3) is 0 Å². The topological polar surface area (TPSA) is 0 Å². The van der Waals surface area contributed by atoms with Gasteiger partial charge in [-0.2, -0.15) is 0 Å². The molecule has 1 atom stereocenters. The SMILES string of the molecule is CCCCCC(F)C(=CF)C(C)C. The van der Waals surface area contributed by atoms with Crippen molar-refractivity contribution in [2.75, 3.05) is 0 Å². The van der Waals surface area contributed by atoms with Gasteiger partial charge in [-0.15, -0.1) is 0 Å². The Labute approximate surface area is 80.0 Å². The molecule has 0 saturated carbocycles. The van der Waals surface area contributed by atoms with Crippen LogP contribution in [0.15, 0.2) is 11.9 Å². The van der Waals surface area contributed by atoms with E-state index in [0.29, 0.717) is 18.3 Å². The number of halogens is 2. The molecule has 0 spiro atoms. The van der Waals surface area contributed by atoms with Gasteiger partial charge in [0.15, 0.2) is 0 Å². The lowest BCUT2D eigenvalue weighted by Gasteiger charge is -2.14. The Hall–Kier alpha value is -0.400. The van der Waals surface area contributed by atoms with Gasteiger partial charge in [0, 0.05) is 0 Å². The molecule has 0 aliphatic rings. The largest absolute Gasteiger partial charge is 0.243 e. The zero-order chi connectivity index (χ0) is 10.3. The predicted molar refractivity (Wildman–Crippen MR) is 53.1 cm³/mol. The van der Waals surface area contributed by atoms with E-state index in [1.54, 1.807) is 0 Å². The van der Waals surface area contributed by atoms with E-state index in [4.69, 9.17) is 0 Å². The third kappa shape index (κ3) is 5.02. The van der Waals surface area contributed by atoms with E-state index in [1.165, 1.54) is 0 Å². The number of hydrogen-bond donors (Lipinski definition) is 0. The van der Waals surface area contributed by atoms with Crippen LogP contribution in [-0.4, -0.2) is 6.17 Å². The van der Waals surface area contributed by atoms with Gasteiger partial charge in [-0.3, -0.25) is 0 Å². The summed E-state index contributed by atoms with van der Waals surface area (Å²) in [5, 5.41) is 0. The first-order valence-corrected chi connectivity index (χ1v) is 5.07. The standard InChI is InChI=1S/C11H20F2/c1-4-5-6-7-11(13)10(8-12)9(2)3/h8-9,11H,4-7H2,1-3H3. The summed E-state index contributed by atoms with van der Waals surface area (Å²) in [5.74, 6) is -0.0263. The maximum atomic E-state index is 13.3. The first kappa shape index (κ1) is 12.6. The molecule has 0 fully saturated rings. The molecular formula is C11H20F2. The lowest BCUT2D eigenvalue weighted by molar-refractivity contribution is 0.325. The van der Waals surface area contributed by atoms with Crippen LogP contribution in [0.5, 0.6) is 0 Å². The summed E-state index contributed by atoms with van der Waals surface area (Å²) in [6, 6.07) is 0. The molecule has 0 bridgehead atoms.